The highest BCUT2D eigenvalue weighted by Gasteiger charge is 2.29. The van der Waals surface area contributed by atoms with Crippen molar-refractivity contribution in [2.24, 2.45) is 5.73 Å². The van der Waals surface area contributed by atoms with Gasteiger partial charge in [-0.25, -0.2) is 9.18 Å². The summed E-state index contributed by atoms with van der Waals surface area (Å²) in [4.78, 5) is 12.9. The highest BCUT2D eigenvalue weighted by atomic mass is 35.5. The Balaban J connectivity index is 0.00000144. The number of ether oxygens (including phenoxy) is 1. The largest absolute Gasteiger partial charge is 0.443 e. The minimum atomic E-state index is -0.361. The second kappa shape index (κ2) is 5.84. The molecular formula is C11H14ClFN2O2. The van der Waals surface area contributed by atoms with E-state index in [9.17, 15) is 9.18 Å². The highest BCUT2D eigenvalue weighted by molar-refractivity contribution is 5.85. The minimum Gasteiger partial charge on any atom is -0.443 e. The van der Waals surface area contributed by atoms with Crippen molar-refractivity contribution in [3.63, 3.8) is 0 Å². The molecule has 94 valence electrons. The predicted molar refractivity (Wildman–Crippen MR) is 63.4 cm³/mol. The molecule has 0 bridgehead atoms. The smallest absolute Gasteiger partial charge is 0.410 e. The molecule has 1 saturated heterocycles. The van der Waals surface area contributed by atoms with Gasteiger partial charge in [-0.05, 0) is 17.7 Å². The maximum absolute atomic E-state index is 12.7. The van der Waals surface area contributed by atoms with Gasteiger partial charge in [-0.2, -0.15) is 0 Å². The Bertz CT molecular complexity index is 386. The molecule has 1 fully saturated rings. The summed E-state index contributed by atoms with van der Waals surface area (Å²) in [6, 6.07) is 6.05. The van der Waals surface area contributed by atoms with E-state index in [0.717, 1.165) is 5.56 Å². The van der Waals surface area contributed by atoms with Gasteiger partial charge in [0.15, 0.2) is 0 Å². The van der Waals surface area contributed by atoms with E-state index >= 15 is 0 Å². The van der Waals surface area contributed by atoms with Crippen LogP contribution in [-0.4, -0.2) is 30.2 Å². The van der Waals surface area contributed by atoms with Crippen LogP contribution in [-0.2, 0) is 11.3 Å². The first-order valence-electron chi connectivity index (χ1n) is 5.09. The van der Waals surface area contributed by atoms with E-state index in [0.29, 0.717) is 19.6 Å². The molecule has 0 aliphatic carbocycles. The number of carbonyl (C=O) groups excluding carboxylic acids is 1. The van der Waals surface area contributed by atoms with Crippen LogP contribution < -0.4 is 5.73 Å². The molecule has 2 N–H and O–H groups in total. The number of benzene rings is 1. The first kappa shape index (κ1) is 13.7. The lowest BCUT2D eigenvalue weighted by Crippen LogP contribution is -2.27. The van der Waals surface area contributed by atoms with Crippen molar-refractivity contribution in [3.8, 4) is 0 Å². The quantitative estimate of drug-likeness (QED) is 0.897. The fraction of sp³-hybridized carbons (Fsp3) is 0.364. The molecule has 1 atom stereocenters. The van der Waals surface area contributed by atoms with Crippen LogP contribution in [0.25, 0.3) is 0 Å². The number of nitrogens with zero attached hydrogens (tertiary/aromatic N) is 1. The van der Waals surface area contributed by atoms with Crippen LogP contribution in [0.1, 0.15) is 5.56 Å². The zero-order valence-corrected chi connectivity index (χ0v) is 9.95. The summed E-state index contributed by atoms with van der Waals surface area (Å²) in [5, 5.41) is 0. The van der Waals surface area contributed by atoms with Gasteiger partial charge in [0.25, 0.3) is 0 Å². The molecule has 6 heteroatoms. The number of hydrogen-bond acceptors (Lipinski definition) is 3. The lowest BCUT2D eigenvalue weighted by Gasteiger charge is -2.12. The molecule has 0 aromatic heterocycles. The van der Waals surface area contributed by atoms with Crippen LogP contribution in [0.15, 0.2) is 24.3 Å². The molecule has 17 heavy (non-hydrogen) atoms. The molecule has 1 unspecified atom stereocenters. The fourth-order valence-corrected chi connectivity index (χ4v) is 1.64. The molecule has 1 aromatic rings. The molecule has 1 aliphatic heterocycles. The minimum absolute atomic E-state index is 0. The van der Waals surface area contributed by atoms with E-state index < -0.39 is 0 Å². The van der Waals surface area contributed by atoms with E-state index in [1.165, 1.54) is 12.1 Å². The summed E-state index contributed by atoms with van der Waals surface area (Å²) in [6.45, 7) is 1.24. The Morgan fingerprint density at radius 2 is 2.06 bits per heavy atom. The molecule has 4 nitrogen and oxygen atoms in total. The van der Waals surface area contributed by atoms with Gasteiger partial charge in [-0.1, -0.05) is 12.1 Å². The van der Waals surface area contributed by atoms with E-state index in [1.54, 1.807) is 17.0 Å². The standard InChI is InChI=1S/C11H13FN2O2.ClH/c12-9-3-1-8(2-4-9)6-14-7-10(5-13)16-11(14)15;/h1-4,10H,5-7,13H2;1H. The fourth-order valence-electron chi connectivity index (χ4n) is 1.64. The Hall–Kier alpha value is -1.33. The van der Waals surface area contributed by atoms with E-state index in [2.05, 4.69) is 0 Å². The molecule has 1 aliphatic rings. The van der Waals surface area contributed by atoms with Gasteiger partial charge >= 0.3 is 6.09 Å². The number of nitrogens with two attached hydrogens (primary N) is 1. The first-order valence-corrected chi connectivity index (χ1v) is 5.09. The predicted octanol–water partition coefficient (Wildman–Crippen LogP) is 1.53. The van der Waals surface area contributed by atoms with Crippen molar-refractivity contribution in [3.05, 3.63) is 35.6 Å². The summed E-state index contributed by atoms with van der Waals surface area (Å²) in [5.41, 5.74) is 6.29. The summed E-state index contributed by atoms with van der Waals surface area (Å²) >= 11 is 0. The molecule has 1 heterocycles. The van der Waals surface area contributed by atoms with Crippen molar-refractivity contribution >= 4 is 18.5 Å². The van der Waals surface area contributed by atoms with Gasteiger partial charge in [-0.15, -0.1) is 12.4 Å². The van der Waals surface area contributed by atoms with Gasteiger partial charge in [-0.3, -0.25) is 0 Å². The molecular weight excluding hydrogens is 247 g/mol. The van der Waals surface area contributed by atoms with Crippen LogP contribution in [0.4, 0.5) is 9.18 Å². The van der Waals surface area contributed by atoms with Gasteiger partial charge in [0.1, 0.15) is 11.9 Å². The molecule has 1 amide bonds. The molecule has 0 saturated carbocycles. The number of hydrogen-bond donors (Lipinski definition) is 1. The summed E-state index contributed by atoms with van der Waals surface area (Å²) < 4.78 is 17.7. The maximum atomic E-state index is 12.7. The third kappa shape index (κ3) is 3.31. The Morgan fingerprint density at radius 1 is 1.41 bits per heavy atom. The third-order valence-electron chi connectivity index (χ3n) is 2.50. The maximum Gasteiger partial charge on any atom is 0.410 e. The summed E-state index contributed by atoms with van der Waals surface area (Å²) in [6.07, 6.45) is -0.590. The van der Waals surface area contributed by atoms with Gasteiger partial charge in [0.05, 0.1) is 6.54 Å². The Kier molecular flexibility index (Phi) is 4.72. The average molecular weight is 261 g/mol. The van der Waals surface area contributed by atoms with Gasteiger partial charge in [0.2, 0.25) is 0 Å². The monoisotopic (exact) mass is 260 g/mol. The second-order valence-electron chi connectivity index (χ2n) is 3.75. The van der Waals surface area contributed by atoms with Crippen molar-refractivity contribution in [2.45, 2.75) is 12.6 Å². The third-order valence-corrected chi connectivity index (χ3v) is 2.50. The van der Waals surface area contributed by atoms with Gasteiger partial charge < -0.3 is 15.4 Å². The van der Waals surface area contributed by atoms with Crippen molar-refractivity contribution < 1.29 is 13.9 Å². The van der Waals surface area contributed by atoms with Crippen molar-refractivity contribution in [2.75, 3.05) is 13.1 Å². The zero-order valence-electron chi connectivity index (χ0n) is 9.14. The Labute approximate surface area is 105 Å². The summed E-state index contributed by atoms with van der Waals surface area (Å²) in [5.74, 6) is -0.285. The van der Waals surface area contributed by atoms with E-state index in [4.69, 9.17) is 10.5 Å². The molecule has 1 aromatic carbocycles. The lowest BCUT2D eigenvalue weighted by molar-refractivity contribution is 0.134. The summed E-state index contributed by atoms with van der Waals surface area (Å²) in [7, 11) is 0. The van der Waals surface area contributed by atoms with E-state index in [1.807, 2.05) is 0 Å². The Morgan fingerprint density at radius 3 is 2.59 bits per heavy atom. The second-order valence-corrected chi connectivity index (χ2v) is 3.75. The first-order chi connectivity index (χ1) is 7.69. The zero-order chi connectivity index (χ0) is 11.5. The number of rotatable bonds is 3. The van der Waals surface area contributed by atoms with Crippen LogP contribution in [0.2, 0.25) is 0 Å². The number of halogens is 2. The molecule has 0 radical (unpaired) electrons. The van der Waals surface area contributed by atoms with E-state index in [-0.39, 0.29) is 30.4 Å². The highest BCUT2D eigenvalue weighted by Crippen LogP contribution is 2.14. The van der Waals surface area contributed by atoms with Gasteiger partial charge in [0, 0.05) is 13.1 Å². The number of amides is 1. The lowest BCUT2D eigenvalue weighted by atomic mass is 10.2. The topological polar surface area (TPSA) is 55.6 Å². The number of carbonyl (C=O) groups is 1. The molecule has 0 spiro atoms. The SMILES string of the molecule is Cl.NCC1CN(Cc2ccc(F)cc2)C(=O)O1. The van der Waals surface area contributed by atoms with Crippen LogP contribution in [0.3, 0.4) is 0 Å². The van der Waals surface area contributed by atoms with Crippen LogP contribution in [0.5, 0.6) is 0 Å². The van der Waals surface area contributed by atoms with Crippen LogP contribution >= 0.6 is 12.4 Å². The van der Waals surface area contributed by atoms with Crippen molar-refractivity contribution in [1.82, 2.24) is 4.90 Å². The van der Waals surface area contributed by atoms with Crippen molar-refractivity contribution in [1.29, 1.82) is 0 Å². The number of cyclic esters (lactones) is 1. The average Bonchev–Trinajstić information content (AvgIpc) is 2.63. The van der Waals surface area contributed by atoms with Crippen LogP contribution in [0, 0.1) is 5.82 Å². The molecule has 2 rings (SSSR count). The normalized spacial score (nSPS) is 18.8.